The predicted molar refractivity (Wildman–Crippen MR) is 54.4 cm³/mol. The van der Waals surface area contributed by atoms with Crippen molar-refractivity contribution in [1.82, 2.24) is 9.78 Å². The third-order valence-corrected chi connectivity index (χ3v) is 3.23. The second kappa shape index (κ2) is 3.61. The van der Waals surface area contributed by atoms with Crippen molar-refractivity contribution in [1.29, 1.82) is 0 Å². The highest BCUT2D eigenvalue weighted by molar-refractivity contribution is 5.23. The Kier molecular flexibility index (Phi) is 2.25. The van der Waals surface area contributed by atoms with Crippen molar-refractivity contribution in [2.45, 2.75) is 31.9 Å². The maximum atomic E-state index is 9.22. The molecule has 0 radical (unpaired) electrons. The van der Waals surface area contributed by atoms with Crippen LogP contribution in [0.25, 0.3) is 0 Å². The van der Waals surface area contributed by atoms with Crippen molar-refractivity contribution in [2.75, 3.05) is 13.2 Å². The van der Waals surface area contributed by atoms with Crippen LogP contribution < -0.4 is 0 Å². The summed E-state index contributed by atoms with van der Waals surface area (Å²) < 4.78 is 7.43. The number of nitrogens with zero attached hydrogens (tertiary/aromatic N) is 2. The molecule has 2 heterocycles. The molecule has 0 saturated heterocycles. The molecule has 1 fully saturated rings. The molecule has 1 N–H and O–H groups in total. The predicted octanol–water partition coefficient (Wildman–Crippen LogP) is 0.899. The highest BCUT2D eigenvalue weighted by atomic mass is 16.5. The van der Waals surface area contributed by atoms with Crippen LogP contribution in [0.15, 0.2) is 6.20 Å². The van der Waals surface area contributed by atoms with Crippen molar-refractivity contribution < 1.29 is 9.84 Å². The van der Waals surface area contributed by atoms with E-state index in [0.29, 0.717) is 13.2 Å². The van der Waals surface area contributed by atoms with Gasteiger partial charge in [-0.1, -0.05) is 0 Å². The first-order chi connectivity index (χ1) is 7.36. The number of aliphatic hydroxyl groups excluding tert-OH is 1. The molecule has 1 atom stereocenters. The first-order valence-electron chi connectivity index (χ1n) is 5.61. The van der Waals surface area contributed by atoms with Gasteiger partial charge in [0.25, 0.3) is 0 Å². The van der Waals surface area contributed by atoms with Gasteiger partial charge in [0.05, 0.1) is 25.5 Å². The molecule has 0 spiro atoms. The fraction of sp³-hybridized carbons (Fsp3) is 0.727. The minimum Gasteiger partial charge on any atom is -0.396 e. The van der Waals surface area contributed by atoms with Crippen LogP contribution in [0.1, 0.15) is 30.0 Å². The van der Waals surface area contributed by atoms with E-state index in [1.165, 1.54) is 18.4 Å². The van der Waals surface area contributed by atoms with E-state index in [0.717, 1.165) is 18.2 Å². The van der Waals surface area contributed by atoms with Gasteiger partial charge >= 0.3 is 0 Å². The molecule has 1 aliphatic heterocycles. The van der Waals surface area contributed by atoms with Gasteiger partial charge in [-0.3, -0.25) is 4.68 Å². The lowest BCUT2D eigenvalue weighted by Gasteiger charge is -2.19. The van der Waals surface area contributed by atoms with Crippen LogP contribution in [-0.2, 0) is 17.9 Å². The first kappa shape index (κ1) is 9.36. The van der Waals surface area contributed by atoms with E-state index in [2.05, 4.69) is 11.3 Å². The summed E-state index contributed by atoms with van der Waals surface area (Å²) in [5.74, 6) is 0.960. The molecule has 82 valence electrons. The second-order valence-electron chi connectivity index (χ2n) is 4.59. The number of fused-ring (bicyclic) bond motifs is 1. The van der Waals surface area contributed by atoms with Crippen LogP contribution >= 0.6 is 0 Å². The van der Waals surface area contributed by atoms with E-state index in [9.17, 15) is 5.11 Å². The van der Waals surface area contributed by atoms with Gasteiger partial charge in [0.1, 0.15) is 0 Å². The molecule has 15 heavy (non-hydrogen) atoms. The van der Waals surface area contributed by atoms with Crippen molar-refractivity contribution in [2.24, 2.45) is 5.92 Å². The fourth-order valence-corrected chi connectivity index (χ4v) is 2.13. The average Bonchev–Trinajstić information content (AvgIpc) is 2.95. The van der Waals surface area contributed by atoms with Crippen LogP contribution in [0.3, 0.4) is 0 Å². The maximum Gasteiger partial charge on any atom is 0.0918 e. The molecule has 4 heteroatoms. The van der Waals surface area contributed by atoms with Gasteiger partial charge in [-0.15, -0.1) is 0 Å². The van der Waals surface area contributed by atoms with Gasteiger partial charge in [-0.25, -0.2) is 0 Å². The lowest BCUT2D eigenvalue weighted by molar-refractivity contribution is 0.0702. The lowest BCUT2D eigenvalue weighted by Crippen LogP contribution is -2.18. The van der Waals surface area contributed by atoms with E-state index in [4.69, 9.17) is 4.74 Å². The Balaban J connectivity index is 1.83. The van der Waals surface area contributed by atoms with Gasteiger partial charge in [0.15, 0.2) is 0 Å². The average molecular weight is 208 g/mol. The number of hydrogen-bond acceptors (Lipinski definition) is 3. The second-order valence-corrected chi connectivity index (χ2v) is 4.59. The highest BCUT2D eigenvalue weighted by Gasteiger charge is 2.26. The minimum atomic E-state index is 0.127. The molecule has 3 rings (SSSR count). The molecule has 0 unspecified atom stereocenters. The SMILES string of the molecule is OC[C@@H]1COCc2nn(CC3CC3)cc21. The Bertz CT molecular complexity index is 357. The Hall–Kier alpha value is -0.870. The summed E-state index contributed by atoms with van der Waals surface area (Å²) in [6.07, 6.45) is 4.77. The fourth-order valence-electron chi connectivity index (χ4n) is 2.13. The molecule has 2 aliphatic rings. The Labute approximate surface area is 88.9 Å². The Morgan fingerprint density at radius 3 is 3.13 bits per heavy atom. The van der Waals surface area contributed by atoms with E-state index >= 15 is 0 Å². The smallest absolute Gasteiger partial charge is 0.0918 e. The summed E-state index contributed by atoms with van der Waals surface area (Å²) >= 11 is 0. The van der Waals surface area contributed by atoms with Crippen molar-refractivity contribution in [3.63, 3.8) is 0 Å². The zero-order valence-corrected chi connectivity index (χ0v) is 8.72. The molecule has 1 saturated carbocycles. The summed E-state index contributed by atoms with van der Waals surface area (Å²) in [5.41, 5.74) is 2.20. The quantitative estimate of drug-likeness (QED) is 0.802. The summed E-state index contributed by atoms with van der Waals surface area (Å²) in [7, 11) is 0. The molecule has 1 aromatic rings. The molecular weight excluding hydrogens is 192 g/mol. The third kappa shape index (κ3) is 1.79. The zero-order chi connectivity index (χ0) is 10.3. The molecular formula is C11H16N2O2. The van der Waals surface area contributed by atoms with E-state index in [-0.39, 0.29) is 12.5 Å². The van der Waals surface area contributed by atoms with Gasteiger partial charge in [0, 0.05) is 24.2 Å². The van der Waals surface area contributed by atoms with E-state index < -0.39 is 0 Å². The number of aliphatic hydroxyl groups is 1. The van der Waals surface area contributed by atoms with Gasteiger partial charge < -0.3 is 9.84 Å². The normalized spacial score (nSPS) is 25.3. The van der Waals surface area contributed by atoms with E-state index in [1.807, 2.05) is 4.68 Å². The van der Waals surface area contributed by atoms with Crippen LogP contribution in [0.4, 0.5) is 0 Å². The van der Waals surface area contributed by atoms with Crippen molar-refractivity contribution >= 4 is 0 Å². The van der Waals surface area contributed by atoms with Gasteiger partial charge in [0.2, 0.25) is 0 Å². The van der Waals surface area contributed by atoms with Crippen LogP contribution in [0.5, 0.6) is 0 Å². The molecule has 4 nitrogen and oxygen atoms in total. The highest BCUT2D eigenvalue weighted by Crippen LogP contribution is 2.32. The van der Waals surface area contributed by atoms with Crippen molar-refractivity contribution in [3.8, 4) is 0 Å². The third-order valence-electron chi connectivity index (χ3n) is 3.23. The molecule has 1 aromatic heterocycles. The van der Waals surface area contributed by atoms with Crippen molar-refractivity contribution in [3.05, 3.63) is 17.5 Å². The Morgan fingerprint density at radius 1 is 1.53 bits per heavy atom. The first-order valence-corrected chi connectivity index (χ1v) is 5.61. The van der Waals surface area contributed by atoms with Gasteiger partial charge in [-0.05, 0) is 18.8 Å². The van der Waals surface area contributed by atoms with Crippen LogP contribution in [0.2, 0.25) is 0 Å². The number of hydrogen-bond donors (Lipinski definition) is 1. The van der Waals surface area contributed by atoms with E-state index in [1.54, 1.807) is 0 Å². The largest absolute Gasteiger partial charge is 0.396 e. The molecule has 0 bridgehead atoms. The van der Waals surface area contributed by atoms with Crippen LogP contribution in [0, 0.1) is 5.92 Å². The summed E-state index contributed by atoms with van der Waals surface area (Å²) in [4.78, 5) is 0. The maximum absolute atomic E-state index is 9.22. The molecule has 0 amide bonds. The van der Waals surface area contributed by atoms with Crippen LogP contribution in [-0.4, -0.2) is 28.1 Å². The summed E-state index contributed by atoms with van der Waals surface area (Å²) in [6, 6.07) is 0. The zero-order valence-electron chi connectivity index (χ0n) is 8.72. The summed E-state index contributed by atoms with van der Waals surface area (Å²) in [5, 5.41) is 13.7. The molecule has 0 aromatic carbocycles. The summed E-state index contributed by atoms with van der Waals surface area (Å²) in [6.45, 7) is 2.41. The number of rotatable bonds is 3. The number of aromatic nitrogens is 2. The Morgan fingerprint density at radius 2 is 2.40 bits per heavy atom. The topological polar surface area (TPSA) is 47.3 Å². The number of ether oxygens (including phenoxy) is 1. The lowest BCUT2D eigenvalue weighted by atomic mass is 10.00. The monoisotopic (exact) mass is 208 g/mol. The molecule has 1 aliphatic carbocycles. The van der Waals surface area contributed by atoms with Gasteiger partial charge in [-0.2, -0.15) is 5.10 Å². The minimum absolute atomic E-state index is 0.127. The standard InChI is InChI=1S/C11H16N2O2/c14-5-9-6-15-7-11-10(9)4-13(12-11)3-8-1-2-8/h4,8-9,14H,1-3,5-7H2/t9-/m1/s1.